The van der Waals surface area contributed by atoms with Gasteiger partial charge >= 0.3 is 0 Å². The molecule has 6 rings (SSSR count). The zero-order valence-electron chi connectivity index (χ0n) is 20.1. The second-order valence-corrected chi connectivity index (χ2v) is 10.8. The Balaban J connectivity index is 1.44. The minimum absolute atomic E-state index is 0.139. The first-order chi connectivity index (χ1) is 18.8. The Hall–Kier alpha value is -3.71. The van der Waals surface area contributed by atoms with E-state index in [0.717, 1.165) is 4.90 Å². The van der Waals surface area contributed by atoms with Crippen LogP contribution < -0.4 is 4.90 Å². The predicted octanol–water partition coefficient (Wildman–Crippen LogP) is 6.02. The Morgan fingerprint density at radius 3 is 2.10 bits per heavy atom. The first-order valence-corrected chi connectivity index (χ1v) is 13.3. The summed E-state index contributed by atoms with van der Waals surface area (Å²) in [6.45, 7) is 0. The maximum atomic E-state index is 13.9. The quantitative estimate of drug-likeness (QED) is 0.274. The number of carbonyl (C=O) groups excluding carboxylic acids is 4. The van der Waals surface area contributed by atoms with E-state index in [1.165, 1.54) is 12.1 Å². The lowest BCUT2D eigenvalue weighted by Crippen LogP contribution is -2.46. The molecule has 0 radical (unpaired) electrons. The normalized spacial score (nSPS) is 23.5. The van der Waals surface area contributed by atoms with Crippen molar-refractivity contribution in [3.8, 4) is 0 Å². The van der Waals surface area contributed by atoms with Gasteiger partial charge in [0.1, 0.15) is 6.04 Å². The molecule has 0 aliphatic carbocycles. The van der Waals surface area contributed by atoms with Crippen LogP contribution in [0.15, 0.2) is 96.7 Å². The lowest BCUT2D eigenvalue weighted by molar-refractivity contribution is -0.123. The number of amides is 2. The number of Topliss-reactive ketones (excluding diaryl/α,β-unsaturated/α-hetero) is 2. The van der Waals surface area contributed by atoms with E-state index in [0.29, 0.717) is 26.7 Å². The summed E-state index contributed by atoms with van der Waals surface area (Å²) in [6, 6.07) is 18.0. The number of carbonyl (C=O) groups is 4. The van der Waals surface area contributed by atoms with Crippen LogP contribution in [0.5, 0.6) is 0 Å². The molecule has 0 spiro atoms. The van der Waals surface area contributed by atoms with E-state index in [9.17, 15) is 19.2 Å². The topological polar surface area (TPSA) is 74.8 Å². The van der Waals surface area contributed by atoms with Crippen molar-refractivity contribution < 1.29 is 19.2 Å². The average Bonchev–Trinajstić information content (AvgIpc) is 3.40. The molecule has 3 aliphatic heterocycles. The first kappa shape index (κ1) is 25.6. The molecule has 3 aromatic carbocycles. The van der Waals surface area contributed by atoms with Crippen LogP contribution >= 0.6 is 34.8 Å². The van der Waals surface area contributed by atoms with Gasteiger partial charge in [-0.2, -0.15) is 0 Å². The molecule has 194 valence electrons. The fourth-order valence-electron chi connectivity index (χ4n) is 5.64. The largest absolute Gasteiger partial charge is 0.359 e. The molecule has 2 saturated heterocycles. The number of ketones is 2. The fourth-order valence-corrected chi connectivity index (χ4v) is 6.26. The molecule has 0 aromatic heterocycles. The molecule has 4 atom stereocenters. The summed E-state index contributed by atoms with van der Waals surface area (Å²) in [4.78, 5) is 57.7. The van der Waals surface area contributed by atoms with Gasteiger partial charge in [-0.05, 0) is 48.5 Å². The molecular weight excluding hydrogens is 559 g/mol. The number of fused-ring (bicyclic) bond motifs is 3. The van der Waals surface area contributed by atoms with Crippen molar-refractivity contribution in [1.29, 1.82) is 0 Å². The second-order valence-electron chi connectivity index (χ2n) is 9.55. The highest BCUT2D eigenvalue weighted by molar-refractivity contribution is 6.38. The summed E-state index contributed by atoms with van der Waals surface area (Å²) in [5.74, 6) is -3.48. The van der Waals surface area contributed by atoms with Crippen LogP contribution in [-0.2, 0) is 9.59 Å². The van der Waals surface area contributed by atoms with E-state index >= 15 is 0 Å². The number of hydrogen-bond acceptors (Lipinski definition) is 5. The van der Waals surface area contributed by atoms with Gasteiger partial charge in [0.25, 0.3) is 0 Å². The molecule has 6 nitrogen and oxygen atoms in total. The van der Waals surface area contributed by atoms with Gasteiger partial charge in [0, 0.05) is 32.9 Å². The van der Waals surface area contributed by atoms with Crippen LogP contribution in [0.2, 0.25) is 15.1 Å². The summed E-state index contributed by atoms with van der Waals surface area (Å²) in [5, 5.41) is 0.962. The standard InChI is InChI=1S/C30H19Cl3N2O4/c31-19-8-6-17(7-9-19)28(37)26-25-24(29(38)35(30(25)39)22-11-10-20(32)15-21(22)33)23-14-18(12-13-34(23)26)27(36)16-4-2-1-3-5-16/h1-15,23-26H/t23-,24-,25-,26+/m0/s1. The van der Waals surface area contributed by atoms with Crippen molar-refractivity contribution in [2.24, 2.45) is 11.8 Å². The highest BCUT2D eigenvalue weighted by Crippen LogP contribution is 2.48. The summed E-state index contributed by atoms with van der Waals surface area (Å²) >= 11 is 18.5. The minimum Gasteiger partial charge on any atom is -0.359 e. The van der Waals surface area contributed by atoms with Crippen LogP contribution in [0, 0.1) is 11.8 Å². The molecule has 2 fully saturated rings. The number of rotatable bonds is 5. The number of imide groups is 1. The Morgan fingerprint density at radius 2 is 1.41 bits per heavy atom. The highest BCUT2D eigenvalue weighted by Gasteiger charge is 2.63. The van der Waals surface area contributed by atoms with Crippen molar-refractivity contribution in [3.63, 3.8) is 0 Å². The molecule has 2 amide bonds. The van der Waals surface area contributed by atoms with E-state index in [1.807, 2.05) is 6.07 Å². The summed E-state index contributed by atoms with van der Waals surface area (Å²) in [6.07, 6.45) is 4.94. The fraction of sp³-hybridized carbons (Fsp3) is 0.133. The molecule has 0 unspecified atom stereocenters. The summed E-state index contributed by atoms with van der Waals surface area (Å²) in [7, 11) is 0. The van der Waals surface area contributed by atoms with Gasteiger partial charge in [-0.3, -0.25) is 19.2 Å². The van der Waals surface area contributed by atoms with Crippen molar-refractivity contribution in [3.05, 3.63) is 123 Å². The van der Waals surface area contributed by atoms with E-state index in [1.54, 1.807) is 77.8 Å². The number of anilines is 1. The number of hydrogen-bond donors (Lipinski definition) is 0. The SMILES string of the molecule is O=C(C1=C[C@H]2[C@@H]3C(=O)N(c4ccc(Cl)cc4Cl)C(=O)[C@@H]3[C@H](C(=O)c3ccc(Cl)cc3)N2C=C1)c1ccccc1. The van der Waals surface area contributed by atoms with Crippen molar-refractivity contribution in [2.45, 2.75) is 12.1 Å². The molecule has 0 N–H and O–H groups in total. The molecule has 3 aliphatic rings. The Labute approximate surface area is 239 Å². The molecule has 0 bridgehead atoms. The molecule has 3 aromatic rings. The van der Waals surface area contributed by atoms with Crippen LogP contribution in [0.4, 0.5) is 5.69 Å². The lowest BCUT2D eigenvalue weighted by atomic mass is 9.85. The third-order valence-corrected chi connectivity index (χ3v) is 8.18. The zero-order valence-corrected chi connectivity index (χ0v) is 22.4. The van der Waals surface area contributed by atoms with Gasteiger partial charge in [0.15, 0.2) is 11.6 Å². The van der Waals surface area contributed by atoms with E-state index < -0.39 is 35.7 Å². The molecule has 3 heterocycles. The van der Waals surface area contributed by atoms with Crippen molar-refractivity contribution >= 4 is 63.9 Å². The molecule has 0 saturated carbocycles. The van der Waals surface area contributed by atoms with Crippen molar-refractivity contribution in [1.82, 2.24) is 4.90 Å². The monoisotopic (exact) mass is 576 g/mol. The smallest absolute Gasteiger partial charge is 0.240 e. The third kappa shape index (κ3) is 4.20. The van der Waals surface area contributed by atoms with Gasteiger partial charge in [-0.15, -0.1) is 0 Å². The molecule has 9 heteroatoms. The van der Waals surface area contributed by atoms with Crippen molar-refractivity contribution in [2.75, 3.05) is 4.90 Å². The van der Waals surface area contributed by atoms with Gasteiger partial charge in [0.2, 0.25) is 11.8 Å². The first-order valence-electron chi connectivity index (χ1n) is 12.2. The lowest BCUT2D eigenvalue weighted by Gasteiger charge is -2.33. The van der Waals surface area contributed by atoms with Gasteiger partial charge in [-0.25, -0.2) is 4.90 Å². The maximum absolute atomic E-state index is 13.9. The van der Waals surface area contributed by atoms with Crippen LogP contribution in [0.1, 0.15) is 20.7 Å². The number of nitrogens with zero attached hydrogens (tertiary/aromatic N) is 2. The third-order valence-electron chi connectivity index (χ3n) is 7.39. The van der Waals surface area contributed by atoms with Gasteiger partial charge < -0.3 is 4.90 Å². The summed E-state index contributed by atoms with van der Waals surface area (Å²) in [5.41, 5.74) is 1.43. The van der Waals surface area contributed by atoms with Crippen LogP contribution in [0.25, 0.3) is 0 Å². The summed E-state index contributed by atoms with van der Waals surface area (Å²) < 4.78 is 0. The minimum atomic E-state index is -0.996. The Morgan fingerprint density at radius 1 is 0.744 bits per heavy atom. The average molecular weight is 578 g/mol. The second kappa shape index (κ2) is 9.79. The number of benzene rings is 3. The zero-order chi connectivity index (χ0) is 27.4. The molecule has 39 heavy (non-hydrogen) atoms. The maximum Gasteiger partial charge on any atom is 0.240 e. The highest BCUT2D eigenvalue weighted by atomic mass is 35.5. The predicted molar refractivity (Wildman–Crippen MR) is 149 cm³/mol. The van der Waals surface area contributed by atoms with Crippen LogP contribution in [0.3, 0.4) is 0 Å². The van der Waals surface area contributed by atoms with E-state index in [2.05, 4.69) is 0 Å². The van der Waals surface area contributed by atoms with Crippen LogP contribution in [-0.4, -0.2) is 40.4 Å². The van der Waals surface area contributed by atoms with E-state index in [-0.39, 0.29) is 22.3 Å². The van der Waals surface area contributed by atoms with Gasteiger partial charge in [0.05, 0.1) is 28.6 Å². The number of halogens is 3. The Bertz CT molecular complexity index is 1600. The molecular formula is C30H19Cl3N2O4. The number of allylic oxidation sites excluding steroid dienone is 2. The van der Waals surface area contributed by atoms with E-state index in [4.69, 9.17) is 34.8 Å². The Kier molecular flexibility index (Phi) is 6.42. The van der Waals surface area contributed by atoms with Gasteiger partial charge in [-0.1, -0.05) is 71.2 Å².